The van der Waals surface area contributed by atoms with Crippen molar-refractivity contribution in [2.75, 3.05) is 13.1 Å². The van der Waals surface area contributed by atoms with E-state index < -0.39 is 18.1 Å². The normalized spacial score (nSPS) is 20.1. The van der Waals surface area contributed by atoms with Gasteiger partial charge in [-0.1, -0.05) is 0 Å². The van der Waals surface area contributed by atoms with Gasteiger partial charge >= 0.3 is 18.1 Å². The quantitative estimate of drug-likeness (QED) is 0.689. The molecule has 5 nitrogen and oxygen atoms in total. The third-order valence-corrected chi connectivity index (χ3v) is 2.10. The summed E-state index contributed by atoms with van der Waals surface area (Å²) in [6, 6.07) is 0. The minimum absolute atomic E-state index is 0.326. The molecule has 1 heterocycles. The van der Waals surface area contributed by atoms with Crippen LogP contribution in [0.1, 0.15) is 19.3 Å². The second-order valence-electron chi connectivity index (χ2n) is 3.61. The second-order valence-corrected chi connectivity index (χ2v) is 3.61. The summed E-state index contributed by atoms with van der Waals surface area (Å²) in [5.74, 6) is -3.06. The first kappa shape index (κ1) is 15.7. The van der Waals surface area contributed by atoms with Gasteiger partial charge < -0.3 is 15.5 Å². The highest BCUT2D eigenvalue weighted by atomic mass is 19.4. The van der Waals surface area contributed by atoms with Crippen molar-refractivity contribution >= 4 is 11.9 Å². The Balaban J connectivity index is 0.000000325. The number of nitrogens with one attached hydrogen (secondary N) is 1. The van der Waals surface area contributed by atoms with Gasteiger partial charge in [0.2, 0.25) is 0 Å². The average molecular weight is 257 g/mol. The van der Waals surface area contributed by atoms with Crippen LogP contribution in [-0.2, 0) is 9.59 Å². The Labute approximate surface area is 95.6 Å². The molecular formula is C9H14F3NO4. The molecule has 1 saturated heterocycles. The molecule has 0 saturated carbocycles. The van der Waals surface area contributed by atoms with Gasteiger partial charge in [-0.05, 0) is 31.8 Å². The van der Waals surface area contributed by atoms with Gasteiger partial charge in [-0.15, -0.1) is 0 Å². The van der Waals surface area contributed by atoms with Crippen molar-refractivity contribution in [3.05, 3.63) is 0 Å². The molecule has 0 unspecified atom stereocenters. The van der Waals surface area contributed by atoms with Gasteiger partial charge in [0.25, 0.3) is 0 Å². The number of piperidine rings is 1. The zero-order valence-corrected chi connectivity index (χ0v) is 8.96. The van der Waals surface area contributed by atoms with Crippen LogP contribution in [0.25, 0.3) is 0 Å². The molecule has 17 heavy (non-hydrogen) atoms. The molecule has 0 amide bonds. The number of hydrogen-bond donors (Lipinski definition) is 3. The van der Waals surface area contributed by atoms with Crippen LogP contribution in [0.4, 0.5) is 13.2 Å². The van der Waals surface area contributed by atoms with Gasteiger partial charge in [-0.2, -0.15) is 13.2 Å². The zero-order chi connectivity index (χ0) is 13.5. The number of alkyl halides is 3. The highest BCUT2D eigenvalue weighted by molar-refractivity contribution is 5.73. The van der Waals surface area contributed by atoms with Crippen LogP contribution in [0.5, 0.6) is 0 Å². The number of halogens is 3. The third-order valence-electron chi connectivity index (χ3n) is 2.10. The van der Waals surface area contributed by atoms with Crippen molar-refractivity contribution in [3.63, 3.8) is 0 Å². The lowest BCUT2D eigenvalue weighted by Gasteiger charge is -2.20. The van der Waals surface area contributed by atoms with Crippen molar-refractivity contribution < 1.29 is 33.0 Å². The van der Waals surface area contributed by atoms with Crippen molar-refractivity contribution in [3.8, 4) is 0 Å². The number of aliphatic carboxylic acids is 2. The third kappa shape index (κ3) is 8.49. The molecule has 3 N–H and O–H groups in total. The summed E-state index contributed by atoms with van der Waals surface area (Å²) in [6.45, 7) is 1.93. The van der Waals surface area contributed by atoms with E-state index in [4.69, 9.17) is 15.0 Å². The molecule has 0 spiro atoms. The monoisotopic (exact) mass is 257 g/mol. The molecule has 8 heteroatoms. The largest absolute Gasteiger partial charge is 0.490 e. The van der Waals surface area contributed by atoms with Gasteiger partial charge in [0.05, 0.1) is 0 Å². The Kier molecular flexibility index (Phi) is 6.55. The summed E-state index contributed by atoms with van der Waals surface area (Å²) in [7, 11) is 0. The maximum absolute atomic E-state index is 10.6. The molecule has 1 atom stereocenters. The van der Waals surface area contributed by atoms with Crippen LogP contribution in [-0.4, -0.2) is 41.4 Å². The Hall–Kier alpha value is -1.31. The molecule has 0 aromatic rings. The van der Waals surface area contributed by atoms with E-state index in [1.807, 2.05) is 0 Å². The standard InChI is InChI=1S/C7H13NO2.C2HF3O2/c9-7(10)4-6-2-1-3-8-5-6;3-2(4,5)1(6)7/h6,8H,1-5H2,(H,9,10);(H,6,7)/t6-;/m0./s1. The maximum atomic E-state index is 10.6. The molecular weight excluding hydrogens is 243 g/mol. The van der Waals surface area contributed by atoms with E-state index in [0.29, 0.717) is 12.3 Å². The lowest BCUT2D eigenvalue weighted by atomic mass is 9.96. The van der Waals surface area contributed by atoms with E-state index >= 15 is 0 Å². The van der Waals surface area contributed by atoms with E-state index in [-0.39, 0.29) is 0 Å². The van der Waals surface area contributed by atoms with E-state index in [1.165, 1.54) is 0 Å². The van der Waals surface area contributed by atoms with E-state index in [1.54, 1.807) is 0 Å². The Morgan fingerprint density at radius 1 is 1.29 bits per heavy atom. The Bertz CT molecular complexity index is 261. The molecule has 1 aliphatic heterocycles. The van der Waals surface area contributed by atoms with Crippen molar-refractivity contribution in [1.82, 2.24) is 5.32 Å². The summed E-state index contributed by atoms with van der Waals surface area (Å²) >= 11 is 0. The van der Waals surface area contributed by atoms with Gasteiger partial charge in [0.15, 0.2) is 0 Å². The van der Waals surface area contributed by atoms with E-state index in [9.17, 15) is 18.0 Å². The molecule has 1 aliphatic rings. The van der Waals surface area contributed by atoms with Crippen LogP contribution in [0, 0.1) is 5.92 Å². The summed E-state index contributed by atoms with van der Waals surface area (Å²) in [6.07, 6.45) is -2.57. The molecule has 0 radical (unpaired) electrons. The zero-order valence-electron chi connectivity index (χ0n) is 8.96. The maximum Gasteiger partial charge on any atom is 0.490 e. The Morgan fingerprint density at radius 2 is 1.82 bits per heavy atom. The highest BCUT2D eigenvalue weighted by Gasteiger charge is 2.38. The number of carbonyl (C=O) groups is 2. The van der Waals surface area contributed by atoms with Crippen LogP contribution in [0.15, 0.2) is 0 Å². The summed E-state index contributed by atoms with van der Waals surface area (Å²) in [5, 5.41) is 18.7. The topological polar surface area (TPSA) is 86.6 Å². The van der Waals surface area contributed by atoms with E-state index in [0.717, 1.165) is 25.9 Å². The van der Waals surface area contributed by atoms with Crippen LogP contribution >= 0.6 is 0 Å². The first-order valence-electron chi connectivity index (χ1n) is 4.96. The average Bonchev–Trinajstić information content (AvgIpc) is 2.17. The van der Waals surface area contributed by atoms with Gasteiger partial charge in [0.1, 0.15) is 0 Å². The smallest absolute Gasteiger partial charge is 0.481 e. The minimum Gasteiger partial charge on any atom is -0.481 e. The number of rotatable bonds is 2. The minimum atomic E-state index is -5.08. The molecule has 100 valence electrons. The SMILES string of the molecule is O=C(O)C(F)(F)F.O=C(O)C[C@@H]1CCCNC1. The van der Waals surface area contributed by atoms with Gasteiger partial charge in [0, 0.05) is 6.42 Å². The lowest BCUT2D eigenvalue weighted by molar-refractivity contribution is -0.192. The van der Waals surface area contributed by atoms with Gasteiger partial charge in [-0.25, -0.2) is 4.79 Å². The summed E-state index contributed by atoms with van der Waals surface area (Å²) in [5.41, 5.74) is 0. The van der Waals surface area contributed by atoms with Gasteiger partial charge in [-0.3, -0.25) is 4.79 Å². The summed E-state index contributed by atoms with van der Waals surface area (Å²) in [4.78, 5) is 19.1. The predicted octanol–water partition coefficient (Wildman–Crippen LogP) is 1.09. The Morgan fingerprint density at radius 3 is 2.12 bits per heavy atom. The van der Waals surface area contributed by atoms with Crippen LogP contribution in [0.3, 0.4) is 0 Å². The molecule has 0 aromatic carbocycles. The molecule has 0 aliphatic carbocycles. The summed E-state index contributed by atoms with van der Waals surface area (Å²) < 4.78 is 31.7. The number of carboxylic acids is 2. The molecule has 1 fully saturated rings. The van der Waals surface area contributed by atoms with Crippen LogP contribution < -0.4 is 5.32 Å². The fourth-order valence-corrected chi connectivity index (χ4v) is 1.35. The number of hydrogen-bond acceptors (Lipinski definition) is 3. The fourth-order valence-electron chi connectivity index (χ4n) is 1.35. The molecule has 1 rings (SSSR count). The van der Waals surface area contributed by atoms with E-state index in [2.05, 4.69) is 5.32 Å². The molecule has 0 aromatic heterocycles. The first-order valence-corrected chi connectivity index (χ1v) is 4.96. The van der Waals surface area contributed by atoms with Crippen molar-refractivity contribution in [2.24, 2.45) is 5.92 Å². The predicted molar refractivity (Wildman–Crippen MR) is 51.5 cm³/mol. The first-order chi connectivity index (χ1) is 7.73. The van der Waals surface area contributed by atoms with Crippen LogP contribution in [0.2, 0.25) is 0 Å². The fraction of sp³-hybridized carbons (Fsp3) is 0.778. The second kappa shape index (κ2) is 7.10. The number of carboxylic acid groups (broad SMARTS) is 2. The van der Waals surface area contributed by atoms with Crippen molar-refractivity contribution in [2.45, 2.75) is 25.4 Å². The van der Waals surface area contributed by atoms with Crippen molar-refractivity contribution in [1.29, 1.82) is 0 Å². The highest BCUT2D eigenvalue weighted by Crippen LogP contribution is 2.13. The lowest BCUT2D eigenvalue weighted by Crippen LogP contribution is -2.30. The molecule has 0 bridgehead atoms.